The Bertz CT molecular complexity index is 1200. The van der Waals surface area contributed by atoms with Crippen LogP contribution < -0.4 is 10.5 Å². The van der Waals surface area contributed by atoms with Gasteiger partial charge in [0.1, 0.15) is 5.82 Å². The largest absolute Gasteiger partial charge is 0.367 e. The van der Waals surface area contributed by atoms with Crippen LogP contribution in [0.2, 0.25) is 0 Å². The molecular formula is C22H22FN5O2. The first-order valence-corrected chi connectivity index (χ1v) is 10.2. The third kappa shape index (κ3) is 3.32. The fourth-order valence-corrected chi connectivity index (χ4v) is 4.06. The molecule has 2 aromatic heterocycles. The summed E-state index contributed by atoms with van der Waals surface area (Å²) >= 11 is 0. The fourth-order valence-electron chi connectivity index (χ4n) is 4.06. The first kappa shape index (κ1) is 18.7. The number of carbonyl (C=O) groups is 1. The molecule has 0 atom stereocenters. The van der Waals surface area contributed by atoms with Gasteiger partial charge in [-0.3, -0.25) is 14.6 Å². The van der Waals surface area contributed by atoms with E-state index in [0.717, 1.165) is 10.4 Å². The van der Waals surface area contributed by atoms with Crippen LogP contribution in [0.5, 0.6) is 0 Å². The van der Waals surface area contributed by atoms with Crippen LogP contribution in [-0.2, 0) is 7.05 Å². The van der Waals surface area contributed by atoms with Gasteiger partial charge in [0.05, 0.1) is 17.3 Å². The second-order valence-electron chi connectivity index (χ2n) is 8.00. The smallest absolute Gasteiger partial charge is 0.275 e. The van der Waals surface area contributed by atoms with Gasteiger partial charge in [0, 0.05) is 44.8 Å². The molecule has 30 heavy (non-hydrogen) atoms. The monoisotopic (exact) mass is 407 g/mol. The highest BCUT2D eigenvalue weighted by Gasteiger charge is 2.28. The van der Waals surface area contributed by atoms with Gasteiger partial charge in [0.25, 0.3) is 11.5 Å². The molecule has 0 unspecified atom stereocenters. The standard InChI is InChI=1S/C22H22FN5O2/c1-26-21(29)18-5-4-16(23)11-19(18)20(25-26)22(30)28-8-6-27(7-9-28)17-10-15(12-24-13-17)14-2-3-14/h4-5,10-14H,2-3,6-9H2,1H3. The first-order valence-electron chi connectivity index (χ1n) is 10.2. The molecule has 0 spiro atoms. The van der Waals surface area contributed by atoms with Crippen molar-refractivity contribution in [2.75, 3.05) is 31.1 Å². The van der Waals surface area contributed by atoms with Crippen LogP contribution in [-0.4, -0.2) is 51.8 Å². The van der Waals surface area contributed by atoms with Gasteiger partial charge >= 0.3 is 0 Å². The first-order chi connectivity index (χ1) is 14.5. The number of nitrogens with zero attached hydrogens (tertiary/aromatic N) is 5. The average molecular weight is 407 g/mol. The van der Waals surface area contributed by atoms with E-state index < -0.39 is 5.82 Å². The topological polar surface area (TPSA) is 71.3 Å². The van der Waals surface area contributed by atoms with E-state index in [1.54, 1.807) is 4.90 Å². The third-order valence-corrected chi connectivity index (χ3v) is 5.94. The molecule has 3 aromatic rings. The lowest BCUT2D eigenvalue weighted by Gasteiger charge is -2.36. The molecule has 1 aromatic carbocycles. The summed E-state index contributed by atoms with van der Waals surface area (Å²) in [5.74, 6) is -0.144. The molecule has 154 valence electrons. The maximum Gasteiger partial charge on any atom is 0.275 e. The molecule has 1 aliphatic heterocycles. The Morgan fingerprint density at radius 1 is 1.07 bits per heavy atom. The van der Waals surface area contributed by atoms with E-state index in [4.69, 9.17) is 0 Å². The summed E-state index contributed by atoms with van der Waals surface area (Å²) in [7, 11) is 1.50. The minimum Gasteiger partial charge on any atom is -0.367 e. The number of hydrogen-bond acceptors (Lipinski definition) is 5. The van der Waals surface area contributed by atoms with Gasteiger partial charge in [-0.1, -0.05) is 0 Å². The number of aromatic nitrogens is 3. The maximum atomic E-state index is 13.8. The Balaban J connectivity index is 1.37. The van der Waals surface area contributed by atoms with Gasteiger partial charge in [-0.25, -0.2) is 9.07 Å². The molecule has 0 N–H and O–H groups in total. The fraction of sp³-hybridized carbons (Fsp3) is 0.364. The van der Waals surface area contributed by atoms with Crippen molar-refractivity contribution in [2.45, 2.75) is 18.8 Å². The predicted octanol–water partition coefficient (Wildman–Crippen LogP) is 2.31. The van der Waals surface area contributed by atoms with E-state index in [1.165, 1.54) is 43.7 Å². The molecule has 1 amide bonds. The van der Waals surface area contributed by atoms with Crippen molar-refractivity contribution in [3.05, 3.63) is 64.1 Å². The van der Waals surface area contributed by atoms with Crippen LogP contribution in [0.15, 0.2) is 41.5 Å². The number of benzene rings is 1. The van der Waals surface area contributed by atoms with E-state index in [1.807, 2.05) is 12.4 Å². The highest BCUT2D eigenvalue weighted by atomic mass is 19.1. The summed E-state index contributed by atoms with van der Waals surface area (Å²) in [5, 5.41) is 4.70. The van der Waals surface area contributed by atoms with Crippen molar-refractivity contribution in [3.63, 3.8) is 0 Å². The molecule has 2 aliphatic rings. The van der Waals surface area contributed by atoms with E-state index >= 15 is 0 Å². The van der Waals surface area contributed by atoms with Crippen molar-refractivity contribution < 1.29 is 9.18 Å². The van der Waals surface area contributed by atoms with E-state index in [-0.39, 0.29) is 22.5 Å². The lowest BCUT2D eigenvalue weighted by molar-refractivity contribution is 0.0740. The quantitative estimate of drug-likeness (QED) is 0.666. The second kappa shape index (κ2) is 7.19. The second-order valence-corrected chi connectivity index (χ2v) is 8.00. The van der Waals surface area contributed by atoms with Crippen LogP contribution in [0.1, 0.15) is 34.8 Å². The summed E-state index contributed by atoms with van der Waals surface area (Å²) in [6.07, 6.45) is 6.27. The van der Waals surface area contributed by atoms with Gasteiger partial charge in [0.15, 0.2) is 5.69 Å². The lowest BCUT2D eigenvalue weighted by atomic mass is 10.1. The minimum absolute atomic E-state index is 0.109. The Kier molecular flexibility index (Phi) is 4.49. The molecule has 2 fully saturated rings. The number of fused-ring (bicyclic) bond motifs is 1. The molecule has 8 heteroatoms. The molecule has 0 bridgehead atoms. The Labute approximate surface area is 172 Å². The van der Waals surface area contributed by atoms with Crippen LogP contribution in [0, 0.1) is 5.82 Å². The number of amides is 1. The normalized spacial score (nSPS) is 16.9. The van der Waals surface area contributed by atoms with Gasteiger partial charge in [-0.15, -0.1) is 0 Å². The zero-order chi connectivity index (χ0) is 20.8. The van der Waals surface area contributed by atoms with Crippen LogP contribution in [0.25, 0.3) is 10.8 Å². The van der Waals surface area contributed by atoms with Crippen molar-refractivity contribution in [1.82, 2.24) is 19.7 Å². The molecule has 0 radical (unpaired) electrons. The maximum absolute atomic E-state index is 13.8. The summed E-state index contributed by atoms with van der Waals surface area (Å²) in [6, 6.07) is 6.04. The zero-order valence-corrected chi connectivity index (χ0v) is 16.7. The predicted molar refractivity (Wildman–Crippen MR) is 111 cm³/mol. The van der Waals surface area contributed by atoms with Crippen molar-refractivity contribution in [1.29, 1.82) is 0 Å². The number of pyridine rings is 1. The van der Waals surface area contributed by atoms with Gasteiger partial charge in [0.2, 0.25) is 0 Å². The van der Waals surface area contributed by atoms with E-state index in [2.05, 4.69) is 21.0 Å². The molecule has 5 rings (SSSR count). The van der Waals surface area contributed by atoms with Gasteiger partial charge in [-0.2, -0.15) is 5.10 Å². The van der Waals surface area contributed by atoms with Crippen LogP contribution in [0.3, 0.4) is 0 Å². The number of anilines is 1. The molecular weight excluding hydrogens is 385 g/mol. The Hall–Kier alpha value is -3.29. The highest BCUT2D eigenvalue weighted by molar-refractivity contribution is 6.04. The lowest BCUT2D eigenvalue weighted by Crippen LogP contribution is -2.49. The summed E-state index contributed by atoms with van der Waals surface area (Å²) < 4.78 is 15.0. The average Bonchev–Trinajstić information content (AvgIpc) is 3.61. The Morgan fingerprint density at radius 3 is 2.57 bits per heavy atom. The number of piperazine rings is 1. The zero-order valence-electron chi connectivity index (χ0n) is 16.7. The van der Waals surface area contributed by atoms with Gasteiger partial charge < -0.3 is 9.80 Å². The summed E-state index contributed by atoms with van der Waals surface area (Å²) in [4.78, 5) is 33.8. The number of aryl methyl sites for hydroxylation is 1. The molecule has 1 saturated heterocycles. The van der Waals surface area contributed by atoms with Crippen LogP contribution in [0.4, 0.5) is 10.1 Å². The van der Waals surface area contributed by atoms with Crippen molar-refractivity contribution in [3.8, 4) is 0 Å². The number of hydrogen-bond donors (Lipinski definition) is 0. The van der Waals surface area contributed by atoms with Gasteiger partial charge in [-0.05, 0) is 48.6 Å². The molecule has 1 aliphatic carbocycles. The summed E-state index contributed by atoms with van der Waals surface area (Å²) in [6.45, 7) is 2.40. The number of carbonyl (C=O) groups excluding carboxylic acids is 1. The van der Waals surface area contributed by atoms with Crippen LogP contribution >= 0.6 is 0 Å². The van der Waals surface area contributed by atoms with E-state index in [9.17, 15) is 14.0 Å². The SMILES string of the molecule is Cn1nc(C(=O)N2CCN(c3cncc(C4CC4)c3)CC2)c2cc(F)ccc2c1=O. The number of rotatable bonds is 3. The molecule has 1 saturated carbocycles. The number of halogens is 1. The molecule has 3 heterocycles. The third-order valence-electron chi connectivity index (χ3n) is 5.94. The Morgan fingerprint density at radius 2 is 1.83 bits per heavy atom. The summed E-state index contributed by atoms with van der Waals surface area (Å²) in [5.41, 5.74) is 2.13. The molecule has 7 nitrogen and oxygen atoms in total. The van der Waals surface area contributed by atoms with E-state index in [0.29, 0.717) is 37.5 Å². The highest BCUT2D eigenvalue weighted by Crippen LogP contribution is 2.40. The van der Waals surface area contributed by atoms with Crippen molar-refractivity contribution in [2.24, 2.45) is 7.05 Å². The van der Waals surface area contributed by atoms with Crippen molar-refractivity contribution >= 4 is 22.4 Å². The minimum atomic E-state index is -0.500.